The van der Waals surface area contributed by atoms with E-state index in [4.69, 9.17) is 15.0 Å². The van der Waals surface area contributed by atoms with Crippen LogP contribution < -0.4 is 0 Å². The second kappa shape index (κ2) is 9.22. The first-order valence-corrected chi connectivity index (χ1v) is 16.5. The summed E-state index contributed by atoms with van der Waals surface area (Å²) >= 11 is 1.85. The number of hydrogen-bond donors (Lipinski definition) is 0. The number of aromatic nitrogens is 5. The molecule has 0 aliphatic heterocycles. The van der Waals surface area contributed by atoms with E-state index >= 15 is 0 Å². The van der Waals surface area contributed by atoms with Gasteiger partial charge in [0.15, 0.2) is 0 Å². The first kappa shape index (κ1) is 25.1. The van der Waals surface area contributed by atoms with Crippen LogP contribution in [0.3, 0.4) is 0 Å². The molecule has 0 saturated heterocycles. The predicted octanol–water partition coefficient (Wildman–Crippen LogP) is 10.7. The van der Waals surface area contributed by atoms with Crippen LogP contribution in [0.15, 0.2) is 140 Å². The monoisotopic (exact) mass is 617 g/mol. The molecule has 5 nitrogen and oxygen atoms in total. The van der Waals surface area contributed by atoms with Crippen LogP contribution in [-0.2, 0) is 0 Å². The van der Waals surface area contributed by atoms with Crippen molar-refractivity contribution in [3.8, 4) is 17.2 Å². The highest BCUT2D eigenvalue weighted by atomic mass is 32.1. The van der Waals surface area contributed by atoms with Crippen LogP contribution in [0.1, 0.15) is 0 Å². The van der Waals surface area contributed by atoms with Gasteiger partial charge in [0.2, 0.25) is 5.95 Å². The number of fused-ring (bicyclic) bond motifs is 15. The SMILES string of the molecule is c1ccc(-c2nc(-n3c4ccccc4c4ccc5c(nc6c7ccccc7c7sc8ccccc8c7n56)c43)nc3ccccc23)cc1. The van der Waals surface area contributed by atoms with E-state index in [2.05, 4.69) is 136 Å². The van der Waals surface area contributed by atoms with Gasteiger partial charge in [-0.25, -0.2) is 15.0 Å². The molecule has 218 valence electrons. The molecule has 0 bridgehead atoms. The summed E-state index contributed by atoms with van der Waals surface area (Å²) in [5.41, 5.74) is 9.11. The Labute approximate surface area is 271 Å². The summed E-state index contributed by atoms with van der Waals surface area (Å²) in [5, 5.41) is 6.93. The van der Waals surface area contributed by atoms with Crippen molar-refractivity contribution in [3.63, 3.8) is 0 Å². The number of benzene rings is 6. The van der Waals surface area contributed by atoms with Gasteiger partial charge >= 0.3 is 0 Å². The Hall–Kier alpha value is -6.11. The average molecular weight is 618 g/mol. The van der Waals surface area contributed by atoms with Crippen LogP contribution in [0.25, 0.3) is 97.7 Å². The predicted molar refractivity (Wildman–Crippen MR) is 196 cm³/mol. The summed E-state index contributed by atoms with van der Waals surface area (Å²) in [6, 6.07) is 49.1. The molecule has 0 atom stereocenters. The van der Waals surface area contributed by atoms with Crippen LogP contribution >= 0.6 is 11.3 Å². The van der Waals surface area contributed by atoms with Crippen LogP contribution in [0.2, 0.25) is 0 Å². The van der Waals surface area contributed by atoms with Gasteiger partial charge in [-0.3, -0.25) is 8.97 Å². The zero-order valence-corrected chi connectivity index (χ0v) is 25.7. The molecular formula is C41H23N5S. The molecule has 0 amide bonds. The molecular weight excluding hydrogens is 595 g/mol. The lowest BCUT2D eigenvalue weighted by Gasteiger charge is -2.11. The highest BCUT2D eigenvalue weighted by Crippen LogP contribution is 2.43. The molecule has 0 aliphatic rings. The maximum Gasteiger partial charge on any atom is 0.235 e. The molecule has 6 aromatic carbocycles. The summed E-state index contributed by atoms with van der Waals surface area (Å²) in [6.07, 6.45) is 0. The van der Waals surface area contributed by atoms with Gasteiger partial charge in [0.25, 0.3) is 0 Å². The topological polar surface area (TPSA) is 48.0 Å². The fourth-order valence-electron chi connectivity index (χ4n) is 7.50. The van der Waals surface area contributed by atoms with Gasteiger partial charge < -0.3 is 0 Å². The molecule has 11 aromatic rings. The minimum atomic E-state index is 0.634. The largest absolute Gasteiger partial charge is 0.290 e. The highest BCUT2D eigenvalue weighted by molar-refractivity contribution is 7.26. The van der Waals surface area contributed by atoms with Gasteiger partial charge in [0.05, 0.1) is 38.0 Å². The van der Waals surface area contributed by atoms with Crippen molar-refractivity contribution in [2.24, 2.45) is 0 Å². The second-order valence-electron chi connectivity index (χ2n) is 12.0. The van der Waals surface area contributed by atoms with E-state index in [0.29, 0.717) is 5.95 Å². The molecule has 0 fully saturated rings. The van der Waals surface area contributed by atoms with Gasteiger partial charge in [0, 0.05) is 42.6 Å². The average Bonchev–Trinajstić information content (AvgIpc) is 3.82. The number of thiophene rings is 1. The van der Waals surface area contributed by atoms with Crippen molar-refractivity contribution in [2.45, 2.75) is 0 Å². The Bertz CT molecular complexity index is 3080. The number of para-hydroxylation sites is 2. The zero-order chi connectivity index (χ0) is 30.6. The van der Waals surface area contributed by atoms with E-state index in [0.717, 1.165) is 66.0 Å². The molecule has 6 heteroatoms. The van der Waals surface area contributed by atoms with Gasteiger partial charge in [-0.05, 0) is 30.3 Å². The maximum atomic E-state index is 5.52. The minimum Gasteiger partial charge on any atom is -0.290 e. The lowest BCUT2D eigenvalue weighted by atomic mass is 10.1. The molecule has 5 aromatic heterocycles. The van der Waals surface area contributed by atoms with Gasteiger partial charge in [-0.2, -0.15) is 0 Å². The molecule has 0 saturated carbocycles. The Morgan fingerprint density at radius 2 is 1.17 bits per heavy atom. The Morgan fingerprint density at radius 3 is 2.04 bits per heavy atom. The smallest absolute Gasteiger partial charge is 0.235 e. The maximum absolute atomic E-state index is 5.52. The lowest BCUT2D eigenvalue weighted by Crippen LogP contribution is -2.03. The third kappa shape index (κ3) is 3.34. The second-order valence-corrected chi connectivity index (χ2v) is 13.1. The fraction of sp³-hybridized carbons (Fsp3) is 0. The van der Waals surface area contributed by atoms with E-state index in [1.165, 1.54) is 25.7 Å². The van der Waals surface area contributed by atoms with E-state index < -0.39 is 0 Å². The van der Waals surface area contributed by atoms with E-state index in [9.17, 15) is 0 Å². The van der Waals surface area contributed by atoms with Crippen molar-refractivity contribution in [1.29, 1.82) is 0 Å². The first-order chi connectivity index (χ1) is 23.3. The molecule has 47 heavy (non-hydrogen) atoms. The van der Waals surface area contributed by atoms with Crippen LogP contribution in [0, 0.1) is 0 Å². The van der Waals surface area contributed by atoms with Crippen molar-refractivity contribution in [2.75, 3.05) is 0 Å². The molecule has 0 unspecified atom stereocenters. The molecule has 0 spiro atoms. The number of pyridine rings is 1. The normalized spacial score (nSPS) is 12.3. The molecule has 5 heterocycles. The fourth-order valence-corrected chi connectivity index (χ4v) is 8.72. The van der Waals surface area contributed by atoms with E-state index in [-0.39, 0.29) is 0 Å². The van der Waals surface area contributed by atoms with Gasteiger partial charge in [0.1, 0.15) is 11.2 Å². The summed E-state index contributed by atoms with van der Waals surface area (Å²) in [4.78, 5) is 16.1. The summed E-state index contributed by atoms with van der Waals surface area (Å²) in [5.74, 6) is 0.634. The summed E-state index contributed by atoms with van der Waals surface area (Å²) < 4.78 is 7.16. The van der Waals surface area contributed by atoms with Crippen molar-refractivity contribution >= 4 is 91.8 Å². The summed E-state index contributed by atoms with van der Waals surface area (Å²) in [6.45, 7) is 0. The molecule has 0 N–H and O–H groups in total. The van der Waals surface area contributed by atoms with Crippen molar-refractivity contribution in [3.05, 3.63) is 140 Å². The Balaban J connectivity index is 1.36. The van der Waals surface area contributed by atoms with Gasteiger partial charge in [-0.1, -0.05) is 109 Å². The zero-order valence-electron chi connectivity index (χ0n) is 24.9. The highest BCUT2D eigenvalue weighted by Gasteiger charge is 2.23. The van der Waals surface area contributed by atoms with Crippen LogP contribution in [0.5, 0.6) is 0 Å². The van der Waals surface area contributed by atoms with E-state index in [1.54, 1.807) is 0 Å². The number of rotatable bonds is 2. The van der Waals surface area contributed by atoms with Crippen LogP contribution in [-0.4, -0.2) is 23.9 Å². The number of hydrogen-bond acceptors (Lipinski definition) is 4. The standard InChI is InChI=1S/C41H23N5S/c1-2-12-24(13-3-1)35-29-17-6-9-19-31(29)42-41(44-35)46-32-20-10-7-14-25(32)26-22-23-33-36(37(26)46)43-40-28-16-5-4-15-27(28)39-38(45(33)40)30-18-8-11-21-34(30)47-39/h1-23H. The molecule has 0 radical (unpaired) electrons. The molecule has 0 aliphatic carbocycles. The third-order valence-corrected chi connectivity index (χ3v) is 10.7. The quantitative estimate of drug-likeness (QED) is 0.194. The number of nitrogens with zero attached hydrogens (tertiary/aromatic N) is 5. The Kier molecular flexibility index (Phi) is 4.93. The Morgan fingerprint density at radius 1 is 0.468 bits per heavy atom. The van der Waals surface area contributed by atoms with Crippen molar-refractivity contribution in [1.82, 2.24) is 23.9 Å². The minimum absolute atomic E-state index is 0.634. The van der Waals surface area contributed by atoms with Crippen LogP contribution in [0.4, 0.5) is 0 Å². The summed E-state index contributed by atoms with van der Waals surface area (Å²) in [7, 11) is 0. The number of imidazole rings is 1. The van der Waals surface area contributed by atoms with Crippen molar-refractivity contribution < 1.29 is 0 Å². The lowest BCUT2D eigenvalue weighted by molar-refractivity contribution is 1.02. The van der Waals surface area contributed by atoms with E-state index in [1.807, 2.05) is 23.5 Å². The first-order valence-electron chi connectivity index (χ1n) is 15.7. The van der Waals surface area contributed by atoms with Gasteiger partial charge in [-0.15, -0.1) is 11.3 Å². The third-order valence-electron chi connectivity index (χ3n) is 9.50. The molecule has 11 rings (SSSR count).